The highest BCUT2D eigenvalue weighted by Gasteiger charge is 2.11. The molecule has 2 N–H and O–H groups in total. The Kier molecular flexibility index (Phi) is 4.53. The maximum absolute atomic E-state index is 12.0. The molecule has 7 heteroatoms. The summed E-state index contributed by atoms with van der Waals surface area (Å²) in [6.07, 6.45) is 0.966. The molecule has 0 bridgehead atoms. The van der Waals surface area contributed by atoms with Crippen molar-refractivity contribution in [3.63, 3.8) is 0 Å². The average molecular weight is 363 g/mol. The minimum atomic E-state index is -0.103. The zero-order valence-corrected chi connectivity index (χ0v) is 15.0. The third-order valence-electron chi connectivity index (χ3n) is 4.06. The van der Waals surface area contributed by atoms with Crippen LogP contribution in [0.5, 0.6) is 0 Å². The maximum Gasteiger partial charge on any atom is 0.234 e. The van der Waals surface area contributed by atoms with Crippen LogP contribution in [0.4, 0.5) is 5.69 Å². The standard InChI is InChI=1S/C19H17N5OS/c1-2-12-8-9-15-14(10-12)17-18(21-15)22-19(24-23-17)26-11-16(25)20-13-6-4-3-5-7-13/h3-10H,2,11H2,1H3,(H,20,25)(H,21,22,24). The molecule has 0 aliphatic heterocycles. The first-order valence-corrected chi connectivity index (χ1v) is 9.34. The van der Waals surface area contributed by atoms with Gasteiger partial charge in [0.1, 0.15) is 5.52 Å². The van der Waals surface area contributed by atoms with Crippen molar-refractivity contribution in [2.45, 2.75) is 18.5 Å². The number of nitrogens with one attached hydrogen (secondary N) is 2. The highest BCUT2D eigenvalue weighted by Crippen LogP contribution is 2.25. The predicted molar refractivity (Wildman–Crippen MR) is 104 cm³/mol. The van der Waals surface area contributed by atoms with Crippen LogP contribution in [0.15, 0.2) is 53.7 Å². The predicted octanol–water partition coefficient (Wildman–Crippen LogP) is 3.80. The molecule has 2 aromatic carbocycles. The lowest BCUT2D eigenvalue weighted by molar-refractivity contribution is -0.113. The summed E-state index contributed by atoms with van der Waals surface area (Å²) in [6, 6.07) is 15.6. The van der Waals surface area contributed by atoms with Crippen LogP contribution in [0.25, 0.3) is 22.1 Å². The molecule has 0 fully saturated rings. The van der Waals surface area contributed by atoms with Gasteiger partial charge in [-0.25, -0.2) is 4.98 Å². The number of hydrogen-bond acceptors (Lipinski definition) is 5. The van der Waals surface area contributed by atoms with Gasteiger partial charge >= 0.3 is 0 Å². The highest BCUT2D eigenvalue weighted by molar-refractivity contribution is 7.99. The molecule has 2 aromatic heterocycles. The first-order chi connectivity index (χ1) is 12.7. The smallest absolute Gasteiger partial charge is 0.234 e. The van der Waals surface area contributed by atoms with Crippen molar-refractivity contribution >= 4 is 45.4 Å². The SMILES string of the molecule is CCc1ccc2[nH]c3nc(SCC(=O)Nc4ccccc4)nnc3c2c1. The van der Waals surface area contributed by atoms with Gasteiger partial charge in [0.15, 0.2) is 5.65 Å². The summed E-state index contributed by atoms with van der Waals surface area (Å²) in [4.78, 5) is 19.8. The van der Waals surface area contributed by atoms with Gasteiger partial charge in [-0.15, -0.1) is 10.2 Å². The number of rotatable bonds is 5. The summed E-state index contributed by atoms with van der Waals surface area (Å²) in [5, 5.41) is 12.8. The van der Waals surface area contributed by atoms with E-state index in [-0.39, 0.29) is 11.7 Å². The first kappa shape index (κ1) is 16.5. The van der Waals surface area contributed by atoms with Gasteiger partial charge in [0, 0.05) is 16.6 Å². The summed E-state index contributed by atoms with van der Waals surface area (Å²) in [7, 11) is 0. The second-order valence-electron chi connectivity index (χ2n) is 5.85. The largest absolute Gasteiger partial charge is 0.338 e. The normalized spacial score (nSPS) is 11.1. The molecule has 0 saturated heterocycles. The Morgan fingerprint density at radius 2 is 2.00 bits per heavy atom. The van der Waals surface area contributed by atoms with E-state index in [0.29, 0.717) is 10.8 Å². The van der Waals surface area contributed by atoms with E-state index in [1.54, 1.807) is 0 Å². The Morgan fingerprint density at radius 3 is 2.81 bits per heavy atom. The quantitative estimate of drug-likeness (QED) is 0.527. The van der Waals surface area contributed by atoms with Crippen LogP contribution in [0.1, 0.15) is 12.5 Å². The Hall–Kier alpha value is -2.93. The van der Waals surface area contributed by atoms with Crippen molar-refractivity contribution in [1.29, 1.82) is 0 Å². The van der Waals surface area contributed by atoms with E-state index < -0.39 is 0 Å². The van der Waals surface area contributed by atoms with E-state index in [2.05, 4.69) is 44.5 Å². The molecule has 0 atom stereocenters. The lowest BCUT2D eigenvalue weighted by Crippen LogP contribution is -2.14. The number of aromatic nitrogens is 4. The molecule has 2 heterocycles. The number of carbonyl (C=O) groups excluding carboxylic acids is 1. The molecule has 0 aliphatic carbocycles. The second kappa shape index (κ2) is 7.13. The van der Waals surface area contributed by atoms with Crippen LogP contribution in [0, 0.1) is 0 Å². The number of aromatic amines is 1. The molecule has 0 spiro atoms. The summed E-state index contributed by atoms with van der Waals surface area (Å²) >= 11 is 1.26. The number of nitrogens with zero attached hydrogens (tertiary/aromatic N) is 3. The van der Waals surface area contributed by atoms with Crippen molar-refractivity contribution in [2.75, 3.05) is 11.1 Å². The third kappa shape index (κ3) is 3.39. The number of hydrogen-bond donors (Lipinski definition) is 2. The van der Waals surface area contributed by atoms with Gasteiger partial charge < -0.3 is 10.3 Å². The van der Waals surface area contributed by atoms with Gasteiger partial charge in [0.25, 0.3) is 0 Å². The summed E-state index contributed by atoms with van der Waals surface area (Å²) in [6.45, 7) is 2.12. The molecule has 0 radical (unpaired) electrons. The molecule has 130 valence electrons. The van der Waals surface area contributed by atoms with Crippen LogP contribution in [-0.4, -0.2) is 31.8 Å². The minimum absolute atomic E-state index is 0.103. The molecule has 0 aliphatic rings. The fraction of sp³-hybridized carbons (Fsp3) is 0.158. The van der Waals surface area contributed by atoms with Crippen LogP contribution in [-0.2, 0) is 11.2 Å². The highest BCUT2D eigenvalue weighted by atomic mass is 32.2. The number of para-hydroxylation sites is 1. The number of H-pyrrole nitrogens is 1. The average Bonchev–Trinajstić information content (AvgIpc) is 3.04. The first-order valence-electron chi connectivity index (χ1n) is 8.35. The van der Waals surface area contributed by atoms with Gasteiger partial charge in [0.2, 0.25) is 11.1 Å². The summed E-state index contributed by atoms with van der Waals surface area (Å²) in [5.74, 6) is 0.122. The van der Waals surface area contributed by atoms with Crippen molar-refractivity contribution in [3.8, 4) is 0 Å². The van der Waals surface area contributed by atoms with E-state index in [9.17, 15) is 4.79 Å². The lowest BCUT2D eigenvalue weighted by Gasteiger charge is -2.03. The number of anilines is 1. The van der Waals surface area contributed by atoms with Crippen molar-refractivity contribution in [1.82, 2.24) is 20.2 Å². The van der Waals surface area contributed by atoms with E-state index in [1.807, 2.05) is 36.4 Å². The topological polar surface area (TPSA) is 83.6 Å². The number of benzene rings is 2. The zero-order chi connectivity index (χ0) is 17.9. The molecule has 4 aromatic rings. The zero-order valence-electron chi connectivity index (χ0n) is 14.2. The van der Waals surface area contributed by atoms with E-state index in [1.165, 1.54) is 17.3 Å². The Bertz CT molecular complexity index is 1080. The Balaban J connectivity index is 1.50. The van der Waals surface area contributed by atoms with Gasteiger partial charge in [0.05, 0.1) is 5.75 Å². The number of thioether (sulfide) groups is 1. The third-order valence-corrected chi connectivity index (χ3v) is 4.90. The Morgan fingerprint density at radius 1 is 1.15 bits per heavy atom. The van der Waals surface area contributed by atoms with Crippen molar-refractivity contribution in [3.05, 3.63) is 54.1 Å². The van der Waals surface area contributed by atoms with Gasteiger partial charge in [-0.1, -0.05) is 43.0 Å². The molecule has 4 rings (SSSR count). The van der Waals surface area contributed by atoms with Crippen LogP contribution in [0.2, 0.25) is 0 Å². The Labute approximate surface area is 154 Å². The van der Waals surface area contributed by atoms with Crippen LogP contribution >= 0.6 is 11.8 Å². The van der Waals surface area contributed by atoms with E-state index >= 15 is 0 Å². The van der Waals surface area contributed by atoms with E-state index in [4.69, 9.17) is 0 Å². The van der Waals surface area contributed by atoms with Crippen LogP contribution < -0.4 is 5.32 Å². The molecule has 26 heavy (non-hydrogen) atoms. The number of aryl methyl sites for hydroxylation is 1. The van der Waals surface area contributed by atoms with Gasteiger partial charge in [-0.05, 0) is 36.2 Å². The molecular weight excluding hydrogens is 346 g/mol. The second-order valence-corrected chi connectivity index (χ2v) is 6.80. The number of carbonyl (C=O) groups is 1. The molecule has 1 amide bonds. The van der Waals surface area contributed by atoms with E-state index in [0.717, 1.165) is 28.5 Å². The minimum Gasteiger partial charge on any atom is -0.338 e. The lowest BCUT2D eigenvalue weighted by atomic mass is 10.1. The summed E-state index contributed by atoms with van der Waals surface area (Å²) in [5.41, 5.74) is 4.46. The molecular formula is C19H17N5OS. The van der Waals surface area contributed by atoms with Gasteiger partial charge in [-0.2, -0.15) is 0 Å². The molecule has 0 saturated carbocycles. The molecule has 6 nitrogen and oxygen atoms in total. The summed E-state index contributed by atoms with van der Waals surface area (Å²) < 4.78 is 0. The van der Waals surface area contributed by atoms with Gasteiger partial charge in [-0.3, -0.25) is 4.79 Å². The number of amides is 1. The van der Waals surface area contributed by atoms with Crippen molar-refractivity contribution < 1.29 is 4.79 Å². The van der Waals surface area contributed by atoms with Crippen molar-refractivity contribution in [2.24, 2.45) is 0 Å². The maximum atomic E-state index is 12.0. The fourth-order valence-electron chi connectivity index (χ4n) is 2.73. The monoisotopic (exact) mass is 363 g/mol. The number of fused-ring (bicyclic) bond motifs is 3. The van der Waals surface area contributed by atoms with Crippen LogP contribution in [0.3, 0.4) is 0 Å². The molecule has 0 unspecified atom stereocenters. The fourth-order valence-corrected chi connectivity index (χ4v) is 3.32.